The number of hydrogen-bond donors (Lipinski definition) is 0. The Kier molecular flexibility index (Phi) is 6.48. The first-order chi connectivity index (χ1) is 5.89. The SMILES string of the molecule is CCC[C]([Ti])(OC(C)C)OC(C)C. The van der Waals surface area contributed by atoms with Crippen molar-refractivity contribution in [2.24, 2.45) is 0 Å². The van der Waals surface area contributed by atoms with E-state index >= 15 is 0 Å². The molecule has 0 amide bonds. The topological polar surface area (TPSA) is 18.5 Å². The molecule has 0 atom stereocenters. The summed E-state index contributed by atoms with van der Waals surface area (Å²) in [5, 5.41) is 0. The van der Waals surface area contributed by atoms with E-state index in [0.717, 1.165) is 12.8 Å². The summed E-state index contributed by atoms with van der Waals surface area (Å²) < 4.78 is 11.1. The predicted molar refractivity (Wildman–Crippen MR) is 50.1 cm³/mol. The zero-order valence-electron chi connectivity index (χ0n) is 9.39. The Morgan fingerprint density at radius 1 is 1.08 bits per heavy atom. The van der Waals surface area contributed by atoms with Gasteiger partial charge in [-0.05, 0) is 0 Å². The second-order valence-electron chi connectivity index (χ2n) is 3.84. The van der Waals surface area contributed by atoms with Crippen LogP contribution in [0.2, 0.25) is 0 Å². The van der Waals surface area contributed by atoms with Crippen molar-refractivity contribution >= 4 is 0 Å². The van der Waals surface area contributed by atoms with Crippen LogP contribution in [-0.4, -0.2) is 16.3 Å². The van der Waals surface area contributed by atoms with Crippen LogP contribution in [0.3, 0.4) is 0 Å². The van der Waals surface area contributed by atoms with E-state index < -0.39 is 4.09 Å². The number of rotatable bonds is 6. The third kappa shape index (κ3) is 6.67. The van der Waals surface area contributed by atoms with Crippen LogP contribution in [0.15, 0.2) is 0 Å². The van der Waals surface area contributed by atoms with Gasteiger partial charge in [-0.25, -0.2) is 0 Å². The van der Waals surface area contributed by atoms with E-state index in [-0.39, 0.29) is 12.2 Å². The Balaban J connectivity index is 4.15. The molecule has 0 aromatic heterocycles. The maximum absolute atomic E-state index is 5.77. The minimum atomic E-state index is -0.406. The molecule has 0 aliphatic heterocycles. The van der Waals surface area contributed by atoms with Gasteiger partial charge in [0.25, 0.3) is 0 Å². The summed E-state index contributed by atoms with van der Waals surface area (Å²) >= 11 is 2.02. The summed E-state index contributed by atoms with van der Waals surface area (Å²) in [5.74, 6) is 0. The van der Waals surface area contributed by atoms with Crippen LogP contribution in [0.4, 0.5) is 0 Å². The predicted octanol–water partition coefficient (Wildman–Crippen LogP) is 2.84. The van der Waals surface area contributed by atoms with E-state index in [4.69, 9.17) is 9.47 Å². The molecule has 0 radical (unpaired) electrons. The third-order valence-electron chi connectivity index (χ3n) is 1.43. The summed E-state index contributed by atoms with van der Waals surface area (Å²) in [6.45, 7) is 10.3. The zero-order chi connectivity index (χ0) is 10.5. The maximum atomic E-state index is 5.77. The quantitative estimate of drug-likeness (QED) is 0.507. The van der Waals surface area contributed by atoms with Crippen molar-refractivity contribution in [1.82, 2.24) is 0 Å². The van der Waals surface area contributed by atoms with Gasteiger partial charge in [0.05, 0.1) is 0 Å². The van der Waals surface area contributed by atoms with Gasteiger partial charge in [0.2, 0.25) is 0 Å². The van der Waals surface area contributed by atoms with Crippen LogP contribution >= 0.6 is 0 Å². The Hall–Kier alpha value is 0.634. The molecule has 0 unspecified atom stereocenters. The summed E-state index contributed by atoms with van der Waals surface area (Å²) in [7, 11) is 0. The monoisotopic (exact) mass is 221 g/mol. The third-order valence-corrected chi connectivity index (χ3v) is 2.19. The van der Waals surface area contributed by atoms with Gasteiger partial charge in [0.15, 0.2) is 0 Å². The average molecular weight is 221 g/mol. The molecule has 0 rings (SSSR count). The Labute approximate surface area is 93.8 Å². The molecule has 0 aromatic rings. The van der Waals surface area contributed by atoms with Crippen molar-refractivity contribution in [2.45, 2.75) is 63.8 Å². The van der Waals surface area contributed by atoms with Crippen LogP contribution in [0.5, 0.6) is 0 Å². The fourth-order valence-corrected chi connectivity index (χ4v) is 2.36. The Bertz CT molecular complexity index is 125. The van der Waals surface area contributed by atoms with Gasteiger partial charge in [-0.2, -0.15) is 0 Å². The van der Waals surface area contributed by atoms with Gasteiger partial charge in [0, 0.05) is 0 Å². The molecule has 0 bridgehead atoms. The molecule has 77 valence electrons. The molecule has 0 aromatic carbocycles. The molecule has 0 N–H and O–H groups in total. The summed E-state index contributed by atoms with van der Waals surface area (Å²) in [4.78, 5) is 0. The van der Waals surface area contributed by atoms with E-state index in [1.807, 2.05) is 48.1 Å². The molecule has 0 aliphatic rings. The van der Waals surface area contributed by atoms with Crippen LogP contribution in [-0.2, 0) is 29.9 Å². The molecule has 0 fully saturated rings. The minimum absolute atomic E-state index is 0.218. The van der Waals surface area contributed by atoms with E-state index in [2.05, 4.69) is 6.92 Å². The molecular weight excluding hydrogens is 200 g/mol. The van der Waals surface area contributed by atoms with Crippen LogP contribution in [0.25, 0.3) is 0 Å². The van der Waals surface area contributed by atoms with Crippen molar-refractivity contribution in [1.29, 1.82) is 0 Å². The normalized spacial score (nSPS) is 12.8. The zero-order valence-corrected chi connectivity index (χ0v) is 10.9. The molecule has 0 saturated carbocycles. The first kappa shape index (κ1) is 13.6. The first-order valence-electron chi connectivity index (χ1n) is 5.00. The number of ether oxygens (including phenoxy) is 2. The van der Waals surface area contributed by atoms with E-state index in [0.29, 0.717) is 0 Å². The summed E-state index contributed by atoms with van der Waals surface area (Å²) in [6, 6.07) is 0. The van der Waals surface area contributed by atoms with Crippen LogP contribution < -0.4 is 0 Å². The van der Waals surface area contributed by atoms with E-state index in [1.54, 1.807) is 0 Å². The Morgan fingerprint density at radius 2 is 1.46 bits per heavy atom. The second kappa shape index (κ2) is 6.18. The first-order valence-corrected chi connectivity index (χ1v) is 5.78. The molecule has 0 heterocycles. The molecule has 0 saturated heterocycles. The summed E-state index contributed by atoms with van der Waals surface area (Å²) in [5.41, 5.74) is 0. The fourth-order valence-electron chi connectivity index (χ4n) is 1.24. The fraction of sp³-hybridized carbons (Fsp3) is 1.00. The van der Waals surface area contributed by atoms with Crippen molar-refractivity contribution in [2.75, 3.05) is 0 Å². The molecule has 0 aliphatic carbocycles. The molecule has 13 heavy (non-hydrogen) atoms. The average Bonchev–Trinajstić information content (AvgIpc) is 1.81. The Morgan fingerprint density at radius 3 is 1.69 bits per heavy atom. The van der Waals surface area contributed by atoms with Gasteiger partial charge in [0.1, 0.15) is 0 Å². The van der Waals surface area contributed by atoms with Gasteiger partial charge in [-0.3, -0.25) is 0 Å². The van der Waals surface area contributed by atoms with Crippen LogP contribution in [0, 0.1) is 0 Å². The van der Waals surface area contributed by atoms with E-state index in [9.17, 15) is 0 Å². The molecule has 0 spiro atoms. The van der Waals surface area contributed by atoms with Crippen molar-refractivity contribution in [3.63, 3.8) is 0 Å². The van der Waals surface area contributed by atoms with Gasteiger partial charge < -0.3 is 0 Å². The van der Waals surface area contributed by atoms with Crippen molar-refractivity contribution < 1.29 is 29.9 Å². The molecular formula is C10H21O2Ti. The van der Waals surface area contributed by atoms with Crippen LogP contribution in [0.1, 0.15) is 47.5 Å². The standard InChI is InChI=1S/C10H21O2.Ti/c1-6-7-10(11-8(2)3)12-9(4)5;/h8-9H,6-7H2,1-5H3;. The summed E-state index contributed by atoms with van der Waals surface area (Å²) in [6.07, 6.45) is 2.46. The van der Waals surface area contributed by atoms with Crippen molar-refractivity contribution in [3.05, 3.63) is 0 Å². The second-order valence-corrected chi connectivity index (χ2v) is 5.03. The van der Waals surface area contributed by atoms with Gasteiger partial charge in [-0.1, -0.05) is 0 Å². The van der Waals surface area contributed by atoms with Gasteiger partial charge in [-0.15, -0.1) is 0 Å². The van der Waals surface area contributed by atoms with Gasteiger partial charge >= 0.3 is 93.7 Å². The van der Waals surface area contributed by atoms with E-state index in [1.165, 1.54) is 0 Å². The molecule has 2 nitrogen and oxygen atoms in total. The number of hydrogen-bond acceptors (Lipinski definition) is 2. The molecule has 3 heteroatoms. The van der Waals surface area contributed by atoms with Crippen molar-refractivity contribution in [3.8, 4) is 0 Å².